The summed E-state index contributed by atoms with van der Waals surface area (Å²) >= 11 is 0. The molecule has 1 aliphatic rings. The molecule has 136 valence electrons. The molecule has 0 saturated carbocycles. The summed E-state index contributed by atoms with van der Waals surface area (Å²) in [4.78, 5) is 13.6. The Kier molecular flexibility index (Phi) is 7.04. The van der Waals surface area contributed by atoms with Crippen molar-refractivity contribution < 1.29 is 27.8 Å². The average Bonchev–Trinajstić information content (AvgIpc) is 2.92. The van der Waals surface area contributed by atoms with Crippen LogP contribution in [0, 0.1) is 5.92 Å². The topological polar surface area (TPSA) is 74.0 Å². The molecular weight excluding hydrogens is 346 g/mol. The molecule has 1 heterocycles. The lowest BCUT2D eigenvalue weighted by Gasteiger charge is -2.24. The molecule has 1 aromatic rings. The molecule has 0 aromatic heterocycles. The largest absolute Gasteiger partial charge is 0.454 e. The normalized spacial score (nSPS) is 13.7. The minimum Gasteiger partial charge on any atom is -0.454 e. The zero-order chi connectivity index (χ0) is 17.1. The van der Waals surface area contributed by atoms with Crippen molar-refractivity contribution in [2.75, 3.05) is 13.8 Å². The van der Waals surface area contributed by atoms with Crippen molar-refractivity contribution in [1.29, 1.82) is 0 Å². The van der Waals surface area contributed by atoms with E-state index in [1.807, 2.05) is 13.8 Å². The molecule has 0 aliphatic carbocycles. The van der Waals surface area contributed by atoms with E-state index in [0.717, 1.165) is 0 Å². The lowest BCUT2D eigenvalue weighted by atomic mass is 10.0. The predicted octanol–water partition coefficient (Wildman–Crippen LogP) is 2.38. The van der Waals surface area contributed by atoms with E-state index in [4.69, 9.17) is 15.2 Å². The maximum Gasteiger partial charge on any atom is 0.387 e. The number of fused-ring (bicyclic) bond motifs is 1. The predicted molar refractivity (Wildman–Crippen MR) is 85.7 cm³/mol. The number of alkyl halides is 2. The summed E-state index contributed by atoms with van der Waals surface area (Å²) < 4.78 is 40.1. The lowest BCUT2D eigenvalue weighted by molar-refractivity contribution is -0.132. The molecule has 6 nitrogen and oxygen atoms in total. The molecule has 0 unspecified atom stereocenters. The fourth-order valence-corrected chi connectivity index (χ4v) is 2.17. The van der Waals surface area contributed by atoms with E-state index < -0.39 is 12.7 Å². The number of carbonyl (C=O) groups excluding carboxylic acids is 1. The molecular formula is C15H21ClF2N2O4. The molecule has 0 saturated heterocycles. The van der Waals surface area contributed by atoms with Gasteiger partial charge in [0.1, 0.15) is 5.75 Å². The third kappa shape index (κ3) is 4.61. The molecule has 1 aromatic carbocycles. The Balaban J connectivity index is 0.00000288. The lowest BCUT2D eigenvalue weighted by Crippen LogP contribution is -2.44. The van der Waals surface area contributed by atoms with Crippen LogP contribution in [-0.2, 0) is 11.3 Å². The zero-order valence-electron chi connectivity index (χ0n) is 13.6. The van der Waals surface area contributed by atoms with Crippen molar-refractivity contribution in [2.24, 2.45) is 11.7 Å². The smallest absolute Gasteiger partial charge is 0.387 e. The van der Waals surface area contributed by atoms with Gasteiger partial charge in [-0.2, -0.15) is 8.78 Å². The SMILES string of the molecule is CC(C)[C@H](N)C(=O)N(C)Cc1cc2c(cc1OC(F)F)OCO2.Cl. The number of carbonyl (C=O) groups is 1. The molecule has 2 rings (SSSR count). The Morgan fingerprint density at radius 3 is 2.46 bits per heavy atom. The summed E-state index contributed by atoms with van der Waals surface area (Å²) in [6, 6.07) is 2.21. The van der Waals surface area contributed by atoms with Gasteiger partial charge in [-0.3, -0.25) is 4.79 Å². The van der Waals surface area contributed by atoms with Gasteiger partial charge in [-0.05, 0) is 12.0 Å². The van der Waals surface area contributed by atoms with Gasteiger partial charge in [-0.25, -0.2) is 0 Å². The molecule has 0 bridgehead atoms. The molecule has 24 heavy (non-hydrogen) atoms. The van der Waals surface area contributed by atoms with Crippen molar-refractivity contribution in [3.05, 3.63) is 17.7 Å². The van der Waals surface area contributed by atoms with Gasteiger partial charge in [0.15, 0.2) is 11.5 Å². The van der Waals surface area contributed by atoms with Crippen LogP contribution in [0.25, 0.3) is 0 Å². The minimum atomic E-state index is -2.98. The highest BCUT2D eigenvalue weighted by Gasteiger charge is 2.25. The second-order valence-electron chi connectivity index (χ2n) is 5.66. The van der Waals surface area contributed by atoms with Crippen LogP contribution in [-0.4, -0.2) is 37.3 Å². The minimum absolute atomic E-state index is 0. The Bertz CT molecular complexity index is 587. The number of benzene rings is 1. The number of likely N-dealkylation sites (N-methyl/N-ethyl adjacent to an activating group) is 1. The van der Waals surface area contributed by atoms with E-state index in [2.05, 4.69) is 4.74 Å². The van der Waals surface area contributed by atoms with Crippen LogP contribution in [0.5, 0.6) is 17.2 Å². The summed E-state index contributed by atoms with van der Waals surface area (Å²) in [5, 5.41) is 0. The summed E-state index contributed by atoms with van der Waals surface area (Å²) in [6.45, 7) is 0.774. The van der Waals surface area contributed by atoms with E-state index in [1.165, 1.54) is 17.0 Å². The number of halogens is 3. The van der Waals surface area contributed by atoms with Crippen LogP contribution in [0.1, 0.15) is 19.4 Å². The van der Waals surface area contributed by atoms with E-state index in [9.17, 15) is 13.6 Å². The van der Waals surface area contributed by atoms with Crippen molar-refractivity contribution in [2.45, 2.75) is 33.0 Å². The summed E-state index contributed by atoms with van der Waals surface area (Å²) in [6.07, 6.45) is 0. The molecule has 0 radical (unpaired) electrons. The quantitative estimate of drug-likeness (QED) is 0.836. The monoisotopic (exact) mass is 366 g/mol. The Morgan fingerprint density at radius 1 is 1.33 bits per heavy atom. The fourth-order valence-electron chi connectivity index (χ4n) is 2.17. The number of nitrogens with zero attached hydrogens (tertiary/aromatic N) is 1. The number of ether oxygens (including phenoxy) is 3. The zero-order valence-corrected chi connectivity index (χ0v) is 14.4. The second-order valence-corrected chi connectivity index (χ2v) is 5.66. The molecule has 1 aliphatic heterocycles. The van der Waals surface area contributed by atoms with Gasteiger partial charge in [0.05, 0.1) is 6.04 Å². The van der Waals surface area contributed by atoms with E-state index >= 15 is 0 Å². The first kappa shape index (κ1) is 20.2. The third-order valence-electron chi connectivity index (χ3n) is 3.56. The number of nitrogens with two attached hydrogens (primary N) is 1. The van der Waals surface area contributed by atoms with E-state index in [1.54, 1.807) is 7.05 Å². The molecule has 9 heteroatoms. The molecule has 2 N–H and O–H groups in total. The van der Waals surface area contributed by atoms with Crippen LogP contribution in [0.15, 0.2) is 12.1 Å². The third-order valence-corrected chi connectivity index (χ3v) is 3.56. The van der Waals surface area contributed by atoms with Crippen molar-refractivity contribution in [1.82, 2.24) is 4.90 Å². The number of amides is 1. The number of hydrogen-bond donors (Lipinski definition) is 1. The van der Waals surface area contributed by atoms with Crippen LogP contribution in [0.2, 0.25) is 0 Å². The first-order chi connectivity index (χ1) is 10.8. The summed E-state index contributed by atoms with van der Waals surface area (Å²) in [7, 11) is 1.56. The van der Waals surface area contributed by atoms with Gasteiger partial charge in [-0.15, -0.1) is 12.4 Å². The van der Waals surface area contributed by atoms with E-state index in [-0.39, 0.29) is 43.3 Å². The van der Waals surface area contributed by atoms with Gasteiger partial charge < -0.3 is 24.8 Å². The van der Waals surface area contributed by atoms with Crippen molar-refractivity contribution in [3.8, 4) is 17.2 Å². The van der Waals surface area contributed by atoms with Crippen LogP contribution >= 0.6 is 12.4 Å². The summed E-state index contributed by atoms with van der Waals surface area (Å²) in [5.41, 5.74) is 6.23. The Labute approximate surface area is 145 Å². The van der Waals surface area contributed by atoms with Crippen molar-refractivity contribution in [3.63, 3.8) is 0 Å². The van der Waals surface area contributed by atoms with E-state index in [0.29, 0.717) is 17.1 Å². The summed E-state index contributed by atoms with van der Waals surface area (Å²) in [5.74, 6) is 0.397. The Hall–Kier alpha value is -1.80. The van der Waals surface area contributed by atoms with Crippen molar-refractivity contribution >= 4 is 18.3 Å². The van der Waals surface area contributed by atoms with Gasteiger partial charge in [-0.1, -0.05) is 13.8 Å². The highest BCUT2D eigenvalue weighted by Crippen LogP contribution is 2.39. The first-order valence-electron chi connectivity index (χ1n) is 7.17. The molecule has 0 spiro atoms. The number of hydrogen-bond acceptors (Lipinski definition) is 5. The number of rotatable bonds is 6. The molecule has 1 atom stereocenters. The average molecular weight is 367 g/mol. The van der Waals surface area contributed by atoms with Crippen LogP contribution in [0.3, 0.4) is 0 Å². The highest BCUT2D eigenvalue weighted by molar-refractivity contribution is 5.85. The van der Waals surface area contributed by atoms with Crippen LogP contribution < -0.4 is 19.9 Å². The maximum atomic E-state index is 12.6. The van der Waals surface area contributed by atoms with Gasteiger partial charge in [0.2, 0.25) is 12.7 Å². The van der Waals surface area contributed by atoms with Crippen LogP contribution in [0.4, 0.5) is 8.78 Å². The molecule has 0 fully saturated rings. The van der Waals surface area contributed by atoms with Gasteiger partial charge >= 0.3 is 6.61 Å². The highest BCUT2D eigenvalue weighted by atomic mass is 35.5. The first-order valence-corrected chi connectivity index (χ1v) is 7.17. The Morgan fingerprint density at radius 2 is 1.92 bits per heavy atom. The fraction of sp³-hybridized carbons (Fsp3) is 0.533. The second kappa shape index (κ2) is 8.34. The van der Waals surface area contributed by atoms with Gasteiger partial charge in [0, 0.05) is 25.2 Å². The molecule has 1 amide bonds. The van der Waals surface area contributed by atoms with Gasteiger partial charge in [0.25, 0.3) is 0 Å². The maximum absolute atomic E-state index is 12.6. The standard InChI is InChI=1S/C15H20F2N2O4.ClH/c1-8(2)13(18)14(20)19(3)6-9-4-11-12(22-7-21-11)5-10(9)23-15(16)17;/h4-5,8,13,15H,6-7,18H2,1-3H3;1H/t13-;/m0./s1.